The molecular formula is C23H29N7O. The molecule has 0 saturated heterocycles. The minimum atomic E-state index is -0.176. The van der Waals surface area contributed by atoms with Crippen LogP contribution in [-0.2, 0) is 13.0 Å². The van der Waals surface area contributed by atoms with Crippen molar-refractivity contribution in [2.24, 2.45) is 0 Å². The first-order valence-electron chi connectivity index (χ1n) is 10.3. The van der Waals surface area contributed by atoms with E-state index in [0.717, 1.165) is 41.8 Å². The Balaban J connectivity index is 1.69. The molecule has 0 aliphatic heterocycles. The van der Waals surface area contributed by atoms with Crippen LogP contribution >= 0.6 is 0 Å². The quantitative estimate of drug-likeness (QED) is 0.277. The predicted molar refractivity (Wildman–Crippen MR) is 123 cm³/mol. The molecule has 1 aromatic carbocycles. The Hall–Kier alpha value is -3.36. The largest absolute Gasteiger partial charge is 0.511 e. The van der Waals surface area contributed by atoms with E-state index in [4.69, 9.17) is 0 Å². The third-order valence-corrected chi connectivity index (χ3v) is 4.81. The van der Waals surface area contributed by atoms with E-state index >= 15 is 0 Å². The van der Waals surface area contributed by atoms with E-state index in [1.165, 1.54) is 6.33 Å². The highest BCUT2D eigenvalue weighted by atomic mass is 16.3. The van der Waals surface area contributed by atoms with Crippen LogP contribution in [0.25, 0.3) is 11.4 Å². The predicted octanol–water partition coefficient (Wildman–Crippen LogP) is 3.38. The summed E-state index contributed by atoms with van der Waals surface area (Å²) in [7, 11) is 1.95. The van der Waals surface area contributed by atoms with Crippen molar-refractivity contribution in [3.05, 3.63) is 72.5 Å². The normalized spacial score (nSPS) is 11.8. The van der Waals surface area contributed by atoms with Crippen molar-refractivity contribution in [1.82, 2.24) is 30.6 Å². The maximum atomic E-state index is 9.44. The highest BCUT2D eigenvalue weighted by Gasteiger charge is 2.08. The molecule has 0 bridgehead atoms. The average Bonchev–Trinajstić information content (AvgIpc) is 2.78. The Bertz CT molecular complexity index is 1010. The van der Waals surface area contributed by atoms with Crippen LogP contribution in [0.15, 0.2) is 61.4 Å². The minimum Gasteiger partial charge on any atom is -0.511 e. The number of hydrogen-bond donors (Lipinski definition) is 4. The minimum absolute atomic E-state index is 0.118. The third kappa shape index (κ3) is 6.84. The van der Waals surface area contributed by atoms with Crippen molar-refractivity contribution >= 4 is 11.6 Å². The maximum absolute atomic E-state index is 9.44. The van der Waals surface area contributed by atoms with E-state index in [1.54, 1.807) is 6.20 Å². The van der Waals surface area contributed by atoms with E-state index in [0.29, 0.717) is 18.3 Å². The summed E-state index contributed by atoms with van der Waals surface area (Å²) in [5.41, 5.74) is 3.95. The molecule has 8 heteroatoms. The van der Waals surface area contributed by atoms with Crippen LogP contribution in [0.1, 0.15) is 24.5 Å². The fourth-order valence-electron chi connectivity index (χ4n) is 2.99. The summed E-state index contributed by atoms with van der Waals surface area (Å²) in [6.45, 7) is 6.98. The van der Waals surface area contributed by atoms with Crippen LogP contribution in [0.4, 0.5) is 11.6 Å². The highest BCUT2D eigenvalue weighted by Crippen LogP contribution is 2.19. The zero-order chi connectivity index (χ0) is 22.1. The number of pyridine rings is 1. The molecule has 0 radical (unpaired) electrons. The number of benzene rings is 1. The summed E-state index contributed by atoms with van der Waals surface area (Å²) < 4.78 is 0. The summed E-state index contributed by atoms with van der Waals surface area (Å²) in [6.07, 6.45) is 7.14. The molecule has 8 nitrogen and oxygen atoms in total. The number of rotatable bonds is 11. The highest BCUT2D eigenvalue weighted by molar-refractivity contribution is 5.59. The van der Waals surface area contributed by atoms with Crippen LogP contribution in [0.5, 0.6) is 0 Å². The van der Waals surface area contributed by atoms with Crippen molar-refractivity contribution in [3.63, 3.8) is 0 Å². The molecule has 0 aliphatic carbocycles. The molecule has 0 aliphatic rings. The lowest BCUT2D eigenvalue weighted by atomic mass is 10.1. The van der Waals surface area contributed by atoms with Crippen molar-refractivity contribution in [2.45, 2.75) is 32.4 Å². The summed E-state index contributed by atoms with van der Waals surface area (Å²) in [5, 5.41) is 19.0. The first-order valence-corrected chi connectivity index (χ1v) is 10.3. The maximum Gasteiger partial charge on any atom is 0.230 e. The van der Waals surface area contributed by atoms with Crippen LogP contribution < -0.4 is 16.0 Å². The first-order chi connectivity index (χ1) is 15.0. The van der Waals surface area contributed by atoms with Crippen LogP contribution in [-0.4, -0.2) is 44.7 Å². The van der Waals surface area contributed by atoms with Crippen molar-refractivity contribution in [2.75, 3.05) is 18.9 Å². The van der Waals surface area contributed by atoms with Crippen LogP contribution in [0, 0.1) is 0 Å². The fraction of sp³-hybridized carbons (Fsp3) is 0.304. The Morgan fingerprint density at radius 1 is 1.16 bits per heavy atom. The Kier molecular flexibility index (Phi) is 8.03. The van der Waals surface area contributed by atoms with Gasteiger partial charge < -0.3 is 21.1 Å². The molecule has 0 fully saturated rings. The average molecular weight is 420 g/mol. The Morgan fingerprint density at radius 3 is 2.84 bits per heavy atom. The Morgan fingerprint density at radius 2 is 2.03 bits per heavy atom. The topological polar surface area (TPSA) is 108 Å². The molecule has 1 atom stereocenters. The summed E-state index contributed by atoms with van der Waals surface area (Å²) in [6, 6.07) is 9.82. The molecule has 4 N–H and O–H groups in total. The lowest BCUT2D eigenvalue weighted by molar-refractivity contribution is 0.351. The molecule has 2 aromatic heterocycles. The van der Waals surface area contributed by atoms with Gasteiger partial charge in [-0.1, -0.05) is 18.7 Å². The van der Waals surface area contributed by atoms with Crippen molar-refractivity contribution in [1.29, 1.82) is 0 Å². The molecule has 3 aromatic rings. The zero-order valence-corrected chi connectivity index (χ0v) is 18.0. The molecule has 0 saturated carbocycles. The number of aliphatic hydroxyl groups excluding tert-OH is 1. The summed E-state index contributed by atoms with van der Waals surface area (Å²) in [4.78, 5) is 17.5. The molecule has 1 unspecified atom stereocenters. The molecule has 0 spiro atoms. The second-order valence-corrected chi connectivity index (χ2v) is 7.34. The number of aromatic nitrogens is 4. The zero-order valence-electron chi connectivity index (χ0n) is 18.0. The van der Waals surface area contributed by atoms with E-state index < -0.39 is 0 Å². The number of hydrogen-bond acceptors (Lipinski definition) is 8. The van der Waals surface area contributed by atoms with Gasteiger partial charge in [0, 0.05) is 30.2 Å². The van der Waals surface area contributed by atoms with Gasteiger partial charge in [-0.2, -0.15) is 4.98 Å². The van der Waals surface area contributed by atoms with Gasteiger partial charge in [0.15, 0.2) is 5.82 Å². The van der Waals surface area contributed by atoms with E-state index in [2.05, 4.69) is 48.5 Å². The van der Waals surface area contributed by atoms with Crippen molar-refractivity contribution < 1.29 is 5.11 Å². The second kappa shape index (κ2) is 11.1. The number of nitrogens with zero attached hydrogens (tertiary/aromatic N) is 4. The summed E-state index contributed by atoms with van der Waals surface area (Å²) >= 11 is 0. The first kappa shape index (κ1) is 22.3. The van der Waals surface area contributed by atoms with Crippen molar-refractivity contribution in [3.8, 4) is 11.4 Å². The number of aliphatic hydroxyl groups is 1. The van der Waals surface area contributed by atoms with Gasteiger partial charge in [-0.25, -0.2) is 9.97 Å². The van der Waals surface area contributed by atoms with Gasteiger partial charge in [-0.05, 0) is 62.7 Å². The SMILES string of the molecule is C=C(O)C(C)NCc1cccc(Nc2ncnc(-c3cncc(CCCNC)c3)n2)c1. The lowest BCUT2D eigenvalue weighted by Gasteiger charge is -2.13. The van der Waals surface area contributed by atoms with Crippen LogP contribution in [0.3, 0.4) is 0 Å². The second-order valence-electron chi connectivity index (χ2n) is 7.34. The number of anilines is 2. The molecule has 162 valence electrons. The van der Waals surface area contributed by atoms with E-state index in [-0.39, 0.29) is 11.8 Å². The van der Waals surface area contributed by atoms with Gasteiger partial charge in [-0.3, -0.25) is 4.98 Å². The van der Waals surface area contributed by atoms with Gasteiger partial charge in [-0.15, -0.1) is 0 Å². The van der Waals surface area contributed by atoms with E-state index in [1.807, 2.05) is 44.4 Å². The van der Waals surface area contributed by atoms with Crippen LogP contribution in [0.2, 0.25) is 0 Å². The van der Waals surface area contributed by atoms with E-state index in [9.17, 15) is 5.11 Å². The monoisotopic (exact) mass is 419 g/mol. The van der Waals surface area contributed by atoms with Gasteiger partial charge in [0.2, 0.25) is 5.95 Å². The molecule has 31 heavy (non-hydrogen) atoms. The van der Waals surface area contributed by atoms with Gasteiger partial charge in [0.1, 0.15) is 12.1 Å². The molecule has 3 rings (SSSR count). The number of nitrogens with one attached hydrogen (secondary N) is 3. The molecular weight excluding hydrogens is 390 g/mol. The number of aryl methyl sites for hydroxylation is 1. The summed E-state index contributed by atoms with van der Waals surface area (Å²) in [5.74, 6) is 1.16. The fourth-order valence-corrected chi connectivity index (χ4v) is 2.99. The van der Waals surface area contributed by atoms with Gasteiger partial charge in [0.05, 0.1) is 6.04 Å². The Labute approximate surface area is 182 Å². The standard InChI is InChI=1S/C23H29N7O/c1-16(17(2)31)26-13-19-6-4-8-21(11-19)29-23-28-15-27-22(30-23)20-10-18(12-25-14-20)7-5-9-24-3/h4,6,8,10-12,14-16,24,26,31H,2,5,7,9,13H2,1,3H3,(H,27,28,29,30). The van der Waals surface area contributed by atoms with Gasteiger partial charge in [0.25, 0.3) is 0 Å². The molecule has 0 amide bonds. The third-order valence-electron chi connectivity index (χ3n) is 4.81. The smallest absolute Gasteiger partial charge is 0.230 e. The lowest BCUT2D eigenvalue weighted by Crippen LogP contribution is -2.26. The van der Waals surface area contributed by atoms with Gasteiger partial charge >= 0.3 is 0 Å². The molecule has 2 heterocycles.